The van der Waals surface area contributed by atoms with E-state index in [1.165, 1.54) is 28.1 Å². The van der Waals surface area contributed by atoms with Crippen LogP contribution in [-0.4, -0.2) is 16.3 Å². The van der Waals surface area contributed by atoms with E-state index in [2.05, 4.69) is 62.8 Å². The first-order valence-electron chi connectivity index (χ1n) is 6.88. The monoisotopic (exact) mass is 257 g/mol. The first kappa shape index (κ1) is 13.8. The van der Waals surface area contributed by atoms with Gasteiger partial charge in [0.15, 0.2) is 0 Å². The minimum atomic E-state index is 0.888. The summed E-state index contributed by atoms with van der Waals surface area (Å²) >= 11 is 0. The predicted molar refractivity (Wildman–Crippen MR) is 79.9 cm³/mol. The summed E-state index contributed by atoms with van der Waals surface area (Å²) in [7, 11) is 0. The molecule has 2 rings (SSSR count). The fourth-order valence-corrected chi connectivity index (χ4v) is 2.46. The van der Waals surface area contributed by atoms with Crippen LogP contribution in [0.1, 0.15) is 35.0 Å². The summed E-state index contributed by atoms with van der Waals surface area (Å²) in [6, 6.07) is 6.50. The van der Waals surface area contributed by atoms with E-state index >= 15 is 0 Å². The van der Waals surface area contributed by atoms with Crippen LogP contribution in [0.3, 0.4) is 0 Å². The quantitative estimate of drug-likeness (QED) is 0.911. The number of aromatic nitrogens is 2. The summed E-state index contributed by atoms with van der Waals surface area (Å²) in [5.41, 5.74) is 7.37. The highest BCUT2D eigenvalue weighted by Crippen LogP contribution is 2.21. The van der Waals surface area contributed by atoms with Crippen molar-refractivity contribution in [3.05, 3.63) is 46.3 Å². The molecule has 1 aromatic heterocycles. The highest BCUT2D eigenvalue weighted by atomic mass is 15.3. The molecule has 2 aromatic rings. The van der Waals surface area contributed by atoms with Crippen LogP contribution in [-0.2, 0) is 6.54 Å². The lowest BCUT2D eigenvalue weighted by Gasteiger charge is -2.09. The van der Waals surface area contributed by atoms with E-state index in [4.69, 9.17) is 5.10 Å². The summed E-state index contributed by atoms with van der Waals surface area (Å²) in [5.74, 6) is 0. The molecule has 0 unspecified atom stereocenters. The highest BCUT2D eigenvalue weighted by molar-refractivity contribution is 5.44. The smallest absolute Gasteiger partial charge is 0.0678 e. The number of rotatable bonds is 4. The molecule has 0 saturated carbocycles. The van der Waals surface area contributed by atoms with Crippen LogP contribution in [0.25, 0.3) is 5.69 Å². The van der Waals surface area contributed by atoms with Crippen molar-refractivity contribution in [3.63, 3.8) is 0 Å². The lowest BCUT2D eigenvalue weighted by Crippen LogP contribution is -2.13. The normalized spacial score (nSPS) is 11.0. The second kappa shape index (κ2) is 5.57. The van der Waals surface area contributed by atoms with Gasteiger partial charge in [-0.1, -0.05) is 24.6 Å². The van der Waals surface area contributed by atoms with Crippen molar-refractivity contribution in [2.75, 3.05) is 6.54 Å². The van der Waals surface area contributed by atoms with Crippen LogP contribution < -0.4 is 5.32 Å². The van der Waals surface area contributed by atoms with Crippen molar-refractivity contribution in [3.8, 4) is 5.69 Å². The van der Waals surface area contributed by atoms with Crippen molar-refractivity contribution in [2.24, 2.45) is 0 Å². The van der Waals surface area contributed by atoms with Gasteiger partial charge in [-0.25, -0.2) is 4.68 Å². The van der Waals surface area contributed by atoms with Crippen molar-refractivity contribution in [1.29, 1.82) is 0 Å². The molecule has 1 heterocycles. The van der Waals surface area contributed by atoms with Crippen molar-refractivity contribution in [2.45, 2.75) is 41.2 Å². The number of nitrogens with one attached hydrogen (secondary N) is 1. The van der Waals surface area contributed by atoms with Gasteiger partial charge >= 0.3 is 0 Å². The Morgan fingerprint density at radius 2 is 1.89 bits per heavy atom. The minimum Gasteiger partial charge on any atom is -0.313 e. The Morgan fingerprint density at radius 1 is 1.16 bits per heavy atom. The molecule has 0 aliphatic rings. The number of hydrogen-bond acceptors (Lipinski definition) is 2. The van der Waals surface area contributed by atoms with Gasteiger partial charge < -0.3 is 5.32 Å². The maximum absolute atomic E-state index is 4.70. The fraction of sp³-hybridized carbons (Fsp3) is 0.438. The Hall–Kier alpha value is -1.61. The van der Waals surface area contributed by atoms with E-state index in [9.17, 15) is 0 Å². The minimum absolute atomic E-state index is 0.888. The van der Waals surface area contributed by atoms with Crippen LogP contribution in [0.2, 0.25) is 0 Å². The second-order valence-electron chi connectivity index (χ2n) is 5.13. The predicted octanol–water partition coefficient (Wildman–Crippen LogP) is 3.22. The molecule has 0 bridgehead atoms. The number of nitrogens with zero attached hydrogens (tertiary/aromatic N) is 2. The van der Waals surface area contributed by atoms with E-state index in [0.717, 1.165) is 18.8 Å². The van der Waals surface area contributed by atoms with Crippen molar-refractivity contribution < 1.29 is 0 Å². The van der Waals surface area contributed by atoms with Crippen LogP contribution in [0.4, 0.5) is 0 Å². The molecule has 0 fully saturated rings. The van der Waals surface area contributed by atoms with E-state index in [-0.39, 0.29) is 0 Å². The first-order chi connectivity index (χ1) is 9.04. The van der Waals surface area contributed by atoms with E-state index < -0.39 is 0 Å². The zero-order valence-corrected chi connectivity index (χ0v) is 12.5. The molecule has 0 amide bonds. The molecule has 3 nitrogen and oxygen atoms in total. The number of aryl methyl sites for hydroxylation is 3. The molecular weight excluding hydrogens is 234 g/mol. The van der Waals surface area contributed by atoms with Crippen LogP contribution >= 0.6 is 0 Å². The second-order valence-corrected chi connectivity index (χ2v) is 5.13. The number of benzene rings is 1. The molecule has 0 saturated heterocycles. The summed E-state index contributed by atoms with van der Waals surface area (Å²) in [4.78, 5) is 0. The third-order valence-electron chi connectivity index (χ3n) is 3.57. The third kappa shape index (κ3) is 2.71. The Labute approximate surface area is 115 Å². The Kier molecular flexibility index (Phi) is 4.05. The summed E-state index contributed by atoms with van der Waals surface area (Å²) < 4.78 is 2.07. The van der Waals surface area contributed by atoms with Gasteiger partial charge in [-0.15, -0.1) is 0 Å². The van der Waals surface area contributed by atoms with Crippen LogP contribution in [0.15, 0.2) is 18.2 Å². The van der Waals surface area contributed by atoms with Gasteiger partial charge in [-0.05, 0) is 45.9 Å². The zero-order chi connectivity index (χ0) is 14.0. The van der Waals surface area contributed by atoms with Gasteiger partial charge in [-0.3, -0.25) is 0 Å². The average molecular weight is 257 g/mol. The van der Waals surface area contributed by atoms with Gasteiger partial charge in [0.2, 0.25) is 0 Å². The molecule has 1 N–H and O–H groups in total. The lowest BCUT2D eigenvalue weighted by atomic mass is 10.1. The fourth-order valence-electron chi connectivity index (χ4n) is 2.46. The Bertz CT molecular complexity index is 582. The molecule has 0 atom stereocenters. The van der Waals surface area contributed by atoms with Gasteiger partial charge in [0, 0.05) is 17.8 Å². The van der Waals surface area contributed by atoms with Gasteiger partial charge in [-0.2, -0.15) is 5.10 Å². The highest BCUT2D eigenvalue weighted by Gasteiger charge is 2.13. The molecule has 0 aliphatic heterocycles. The zero-order valence-electron chi connectivity index (χ0n) is 12.5. The van der Waals surface area contributed by atoms with E-state index in [0.29, 0.717) is 0 Å². The molecular formula is C16H23N3. The molecule has 102 valence electrons. The SMILES string of the molecule is CCNCc1c(C)nn(-c2ccc(C)cc2C)c1C. The Morgan fingerprint density at radius 3 is 2.53 bits per heavy atom. The standard InChI is InChI=1S/C16H23N3/c1-6-17-10-15-13(4)18-19(14(15)5)16-8-7-11(2)9-12(16)3/h7-9,17H,6,10H2,1-5H3. The largest absolute Gasteiger partial charge is 0.313 e. The summed E-state index contributed by atoms with van der Waals surface area (Å²) in [5, 5.41) is 8.08. The molecule has 0 radical (unpaired) electrons. The van der Waals surface area contributed by atoms with Gasteiger partial charge in [0.05, 0.1) is 11.4 Å². The Balaban J connectivity index is 2.45. The van der Waals surface area contributed by atoms with E-state index in [1.54, 1.807) is 0 Å². The third-order valence-corrected chi connectivity index (χ3v) is 3.57. The first-order valence-corrected chi connectivity index (χ1v) is 6.88. The van der Waals surface area contributed by atoms with Gasteiger partial charge in [0.1, 0.15) is 0 Å². The topological polar surface area (TPSA) is 29.9 Å². The van der Waals surface area contributed by atoms with Crippen LogP contribution in [0, 0.1) is 27.7 Å². The summed E-state index contributed by atoms with van der Waals surface area (Å²) in [6.45, 7) is 12.5. The van der Waals surface area contributed by atoms with Crippen molar-refractivity contribution >= 4 is 0 Å². The molecule has 0 aliphatic carbocycles. The average Bonchev–Trinajstić information content (AvgIpc) is 2.63. The molecule has 19 heavy (non-hydrogen) atoms. The molecule has 1 aromatic carbocycles. The maximum Gasteiger partial charge on any atom is 0.0678 e. The van der Waals surface area contributed by atoms with Crippen molar-refractivity contribution in [1.82, 2.24) is 15.1 Å². The van der Waals surface area contributed by atoms with Gasteiger partial charge in [0.25, 0.3) is 0 Å². The number of hydrogen-bond donors (Lipinski definition) is 1. The molecule has 0 spiro atoms. The van der Waals surface area contributed by atoms with Crippen LogP contribution in [0.5, 0.6) is 0 Å². The maximum atomic E-state index is 4.70. The van der Waals surface area contributed by atoms with E-state index in [1.807, 2.05) is 0 Å². The lowest BCUT2D eigenvalue weighted by molar-refractivity contribution is 0.719. The molecule has 3 heteroatoms. The summed E-state index contributed by atoms with van der Waals surface area (Å²) in [6.07, 6.45) is 0.